The molecule has 0 radical (unpaired) electrons. The van der Waals surface area contributed by atoms with Crippen LogP contribution in [0.2, 0.25) is 0 Å². The maximum atomic E-state index is 4.57. The number of pyridine rings is 1. The van der Waals surface area contributed by atoms with Gasteiger partial charge in [0.1, 0.15) is 0 Å². The van der Waals surface area contributed by atoms with Crippen LogP contribution in [0.5, 0.6) is 0 Å². The smallest absolute Gasteiger partial charge is 0.0927 e. The van der Waals surface area contributed by atoms with Crippen LogP contribution < -0.4 is 0 Å². The highest BCUT2D eigenvalue weighted by molar-refractivity contribution is 5.59. The molecule has 3 rings (SSSR count). The van der Waals surface area contributed by atoms with Gasteiger partial charge in [0.25, 0.3) is 0 Å². The highest BCUT2D eigenvalue weighted by atomic mass is 15.3. The first-order valence-electron chi connectivity index (χ1n) is 5.86. The summed E-state index contributed by atoms with van der Waals surface area (Å²) >= 11 is 0. The SMILES string of the molecule is Cc1cccc(-c2ccn(-c3cccnc3)n2)c1. The fourth-order valence-electron chi connectivity index (χ4n) is 1.92. The Kier molecular flexibility index (Phi) is 2.65. The van der Waals surface area contributed by atoms with E-state index >= 15 is 0 Å². The summed E-state index contributed by atoms with van der Waals surface area (Å²) in [5.41, 5.74) is 4.32. The predicted molar refractivity (Wildman–Crippen MR) is 71.5 cm³/mol. The molecule has 0 aliphatic rings. The summed E-state index contributed by atoms with van der Waals surface area (Å²) < 4.78 is 1.84. The summed E-state index contributed by atoms with van der Waals surface area (Å²) in [6.07, 6.45) is 5.51. The lowest BCUT2D eigenvalue weighted by molar-refractivity contribution is 0.877. The molecular weight excluding hydrogens is 222 g/mol. The van der Waals surface area contributed by atoms with E-state index in [1.165, 1.54) is 5.56 Å². The molecule has 0 N–H and O–H groups in total. The van der Waals surface area contributed by atoms with Crippen LogP contribution in [0.25, 0.3) is 16.9 Å². The Labute approximate surface area is 106 Å². The van der Waals surface area contributed by atoms with E-state index in [2.05, 4.69) is 35.2 Å². The van der Waals surface area contributed by atoms with Crippen molar-refractivity contribution < 1.29 is 0 Å². The molecule has 2 heterocycles. The van der Waals surface area contributed by atoms with Gasteiger partial charge in [-0.15, -0.1) is 0 Å². The summed E-state index contributed by atoms with van der Waals surface area (Å²) in [4.78, 5) is 4.10. The van der Waals surface area contributed by atoms with Crippen molar-refractivity contribution >= 4 is 0 Å². The average molecular weight is 235 g/mol. The van der Waals surface area contributed by atoms with E-state index in [-0.39, 0.29) is 0 Å². The van der Waals surface area contributed by atoms with E-state index in [9.17, 15) is 0 Å². The fourth-order valence-corrected chi connectivity index (χ4v) is 1.92. The molecule has 0 spiro atoms. The van der Waals surface area contributed by atoms with Crippen LogP contribution in [0.3, 0.4) is 0 Å². The molecule has 3 nitrogen and oxygen atoms in total. The van der Waals surface area contributed by atoms with Crippen molar-refractivity contribution in [3.63, 3.8) is 0 Å². The molecule has 88 valence electrons. The van der Waals surface area contributed by atoms with Crippen molar-refractivity contribution in [1.82, 2.24) is 14.8 Å². The summed E-state index contributed by atoms with van der Waals surface area (Å²) in [6, 6.07) is 14.2. The number of hydrogen-bond donors (Lipinski definition) is 0. The third-order valence-corrected chi connectivity index (χ3v) is 2.81. The van der Waals surface area contributed by atoms with Gasteiger partial charge < -0.3 is 0 Å². The van der Waals surface area contributed by atoms with E-state index in [0.717, 1.165) is 16.9 Å². The molecule has 3 aromatic rings. The first-order valence-corrected chi connectivity index (χ1v) is 5.86. The number of aryl methyl sites for hydroxylation is 1. The summed E-state index contributed by atoms with van der Waals surface area (Å²) in [5, 5.41) is 4.57. The number of benzene rings is 1. The molecule has 2 aromatic heterocycles. The van der Waals surface area contributed by atoms with Gasteiger partial charge in [-0.3, -0.25) is 4.98 Å². The minimum atomic E-state index is 0.969. The van der Waals surface area contributed by atoms with Crippen molar-refractivity contribution in [2.24, 2.45) is 0 Å². The molecule has 0 bridgehead atoms. The van der Waals surface area contributed by atoms with Crippen LogP contribution >= 0.6 is 0 Å². The second kappa shape index (κ2) is 4.45. The monoisotopic (exact) mass is 235 g/mol. The van der Waals surface area contributed by atoms with Crippen LogP contribution in [-0.2, 0) is 0 Å². The number of aromatic nitrogens is 3. The molecule has 0 saturated heterocycles. The highest BCUT2D eigenvalue weighted by Gasteiger charge is 2.03. The Morgan fingerprint density at radius 2 is 2.00 bits per heavy atom. The summed E-state index contributed by atoms with van der Waals surface area (Å²) in [5.74, 6) is 0. The van der Waals surface area contributed by atoms with Gasteiger partial charge in [0, 0.05) is 18.0 Å². The number of rotatable bonds is 2. The van der Waals surface area contributed by atoms with Gasteiger partial charge in [0.2, 0.25) is 0 Å². The summed E-state index contributed by atoms with van der Waals surface area (Å²) in [7, 11) is 0. The van der Waals surface area contributed by atoms with Gasteiger partial charge in [-0.25, -0.2) is 4.68 Å². The quantitative estimate of drug-likeness (QED) is 0.682. The van der Waals surface area contributed by atoms with Crippen molar-refractivity contribution in [3.05, 3.63) is 66.6 Å². The minimum absolute atomic E-state index is 0.969. The Balaban J connectivity index is 2.00. The van der Waals surface area contributed by atoms with Crippen molar-refractivity contribution in [2.75, 3.05) is 0 Å². The molecule has 0 saturated carbocycles. The topological polar surface area (TPSA) is 30.7 Å². The predicted octanol–water partition coefficient (Wildman–Crippen LogP) is 3.24. The second-order valence-electron chi connectivity index (χ2n) is 4.23. The molecule has 3 heteroatoms. The first-order chi connectivity index (χ1) is 8.83. The zero-order valence-electron chi connectivity index (χ0n) is 10.1. The third-order valence-electron chi connectivity index (χ3n) is 2.81. The molecule has 0 amide bonds. The Morgan fingerprint density at radius 1 is 1.06 bits per heavy atom. The molecule has 0 unspecified atom stereocenters. The van der Waals surface area contributed by atoms with E-state index < -0.39 is 0 Å². The molecule has 0 aliphatic carbocycles. The first kappa shape index (κ1) is 10.7. The van der Waals surface area contributed by atoms with Crippen LogP contribution in [-0.4, -0.2) is 14.8 Å². The lowest BCUT2D eigenvalue weighted by Gasteiger charge is -2.00. The van der Waals surface area contributed by atoms with Crippen molar-refractivity contribution in [1.29, 1.82) is 0 Å². The number of nitrogens with zero attached hydrogens (tertiary/aromatic N) is 3. The van der Waals surface area contributed by atoms with Crippen LogP contribution in [0, 0.1) is 6.92 Å². The lowest BCUT2D eigenvalue weighted by atomic mass is 10.1. The zero-order valence-corrected chi connectivity index (χ0v) is 10.1. The van der Waals surface area contributed by atoms with E-state index in [1.54, 1.807) is 12.4 Å². The average Bonchev–Trinajstić information content (AvgIpc) is 2.89. The summed E-state index contributed by atoms with van der Waals surface area (Å²) in [6.45, 7) is 2.08. The fraction of sp³-hybridized carbons (Fsp3) is 0.0667. The second-order valence-corrected chi connectivity index (χ2v) is 4.23. The van der Waals surface area contributed by atoms with E-state index in [0.29, 0.717) is 0 Å². The van der Waals surface area contributed by atoms with Crippen molar-refractivity contribution in [3.8, 4) is 16.9 Å². The van der Waals surface area contributed by atoms with E-state index in [4.69, 9.17) is 0 Å². The third kappa shape index (κ3) is 2.02. The zero-order chi connectivity index (χ0) is 12.4. The molecule has 0 aliphatic heterocycles. The Morgan fingerprint density at radius 3 is 2.78 bits per heavy atom. The highest BCUT2D eigenvalue weighted by Crippen LogP contribution is 2.19. The molecule has 1 aromatic carbocycles. The van der Waals surface area contributed by atoms with Crippen LogP contribution in [0.15, 0.2) is 61.1 Å². The van der Waals surface area contributed by atoms with Crippen molar-refractivity contribution in [2.45, 2.75) is 6.92 Å². The maximum absolute atomic E-state index is 4.57. The van der Waals surface area contributed by atoms with Gasteiger partial charge in [0.05, 0.1) is 17.6 Å². The largest absolute Gasteiger partial charge is 0.262 e. The van der Waals surface area contributed by atoms with Gasteiger partial charge in [-0.1, -0.05) is 23.8 Å². The normalized spacial score (nSPS) is 10.5. The van der Waals surface area contributed by atoms with Gasteiger partial charge in [0.15, 0.2) is 0 Å². The lowest BCUT2D eigenvalue weighted by Crippen LogP contribution is -1.95. The van der Waals surface area contributed by atoms with Crippen LogP contribution in [0.1, 0.15) is 5.56 Å². The van der Waals surface area contributed by atoms with Gasteiger partial charge in [-0.05, 0) is 31.2 Å². The molecule has 0 atom stereocenters. The minimum Gasteiger partial charge on any atom is -0.262 e. The van der Waals surface area contributed by atoms with Gasteiger partial charge in [-0.2, -0.15) is 5.10 Å². The van der Waals surface area contributed by atoms with Crippen LogP contribution in [0.4, 0.5) is 0 Å². The molecular formula is C15H13N3. The van der Waals surface area contributed by atoms with Gasteiger partial charge >= 0.3 is 0 Å². The van der Waals surface area contributed by atoms with E-state index in [1.807, 2.05) is 35.1 Å². The number of hydrogen-bond acceptors (Lipinski definition) is 2. The maximum Gasteiger partial charge on any atom is 0.0927 e. The molecule has 0 fully saturated rings. The molecule has 18 heavy (non-hydrogen) atoms. The standard InChI is InChI=1S/C15H13N3/c1-12-4-2-5-13(10-12)15-7-9-18(17-15)14-6-3-8-16-11-14/h2-11H,1H3. The Hall–Kier alpha value is -2.42. The Bertz CT molecular complexity index is 656.